The number of hydrogen-bond donors (Lipinski definition) is 0. The lowest BCUT2D eigenvalue weighted by Crippen LogP contribution is -2.34. The van der Waals surface area contributed by atoms with Crippen molar-refractivity contribution in [3.05, 3.63) is 58.9 Å². The standard InChI is InChI=1S/C26H26FN2O/c1-14-10-17-11-16(13-26(3,4)5)12-20-22(17)21(15(14)2)24-25(30-20)28-23-18(27)8-7-9-19(23)29(24)6/h7-12H,13H2,1-6H3/q+1. The molecule has 0 spiro atoms. The fourth-order valence-corrected chi connectivity index (χ4v) is 4.65. The van der Waals surface area contributed by atoms with Crippen LogP contribution in [-0.2, 0) is 13.5 Å². The van der Waals surface area contributed by atoms with Gasteiger partial charge in [0, 0.05) is 11.5 Å². The summed E-state index contributed by atoms with van der Waals surface area (Å²) in [5, 5.41) is 2.28. The van der Waals surface area contributed by atoms with E-state index < -0.39 is 0 Å². The zero-order valence-corrected chi connectivity index (χ0v) is 18.4. The minimum absolute atomic E-state index is 0.166. The maximum atomic E-state index is 14.5. The highest BCUT2D eigenvalue weighted by Crippen LogP contribution is 2.47. The zero-order chi connectivity index (χ0) is 21.4. The van der Waals surface area contributed by atoms with Crippen molar-refractivity contribution < 1.29 is 13.7 Å². The van der Waals surface area contributed by atoms with Gasteiger partial charge >= 0.3 is 0 Å². The predicted molar refractivity (Wildman–Crippen MR) is 119 cm³/mol. The Kier molecular flexibility index (Phi) is 3.95. The molecule has 0 N–H and O–H groups in total. The molecule has 0 aliphatic carbocycles. The molecule has 0 bridgehead atoms. The second-order valence-corrected chi connectivity index (χ2v) is 9.66. The van der Waals surface area contributed by atoms with Crippen molar-refractivity contribution in [3.63, 3.8) is 0 Å². The third kappa shape index (κ3) is 2.78. The van der Waals surface area contributed by atoms with Gasteiger partial charge in [-0.05, 0) is 59.9 Å². The van der Waals surface area contributed by atoms with Gasteiger partial charge in [-0.2, -0.15) is 9.55 Å². The summed E-state index contributed by atoms with van der Waals surface area (Å²) in [6, 6.07) is 11.7. The molecule has 0 saturated heterocycles. The van der Waals surface area contributed by atoms with Gasteiger partial charge < -0.3 is 4.74 Å². The summed E-state index contributed by atoms with van der Waals surface area (Å²) in [6.07, 6.45) is 0.946. The van der Waals surface area contributed by atoms with Gasteiger partial charge in [-0.15, -0.1) is 0 Å². The molecule has 2 heterocycles. The fourth-order valence-electron chi connectivity index (χ4n) is 4.65. The van der Waals surface area contributed by atoms with Crippen molar-refractivity contribution in [2.45, 2.75) is 41.0 Å². The van der Waals surface area contributed by atoms with Crippen LogP contribution in [0.5, 0.6) is 11.6 Å². The first-order chi connectivity index (χ1) is 14.1. The van der Waals surface area contributed by atoms with Crippen LogP contribution in [0, 0.1) is 25.1 Å². The van der Waals surface area contributed by atoms with Gasteiger partial charge in [0.15, 0.2) is 11.3 Å². The average Bonchev–Trinajstić information content (AvgIpc) is 2.64. The van der Waals surface area contributed by atoms with E-state index in [-0.39, 0.29) is 11.2 Å². The van der Waals surface area contributed by atoms with Crippen molar-refractivity contribution >= 4 is 21.8 Å². The molecule has 0 fully saturated rings. The Hall–Kier alpha value is -3.01. The number of benzene rings is 3. The van der Waals surface area contributed by atoms with E-state index in [2.05, 4.69) is 57.8 Å². The molecule has 30 heavy (non-hydrogen) atoms. The molecule has 1 aliphatic rings. The van der Waals surface area contributed by atoms with Crippen molar-refractivity contribution in [1.82, 2.24) is 4.98 Å². The number of fused-ring (bicyclic) bond motifs is 3. The molecular weight excluding hydrogens is 375 g/mol. The Balaban J connectivity index is 1.89. The largest absolute Gasteiger partial charge is 0.433 e. The summed E-state index contributed by atoms with van der Waals surface area (Å²) in [4.78, 5) is 4.62. The molecule has 4 heteroatoms. The van der Waals surface area contributed by atoms with E-state index >= 15 is 0 Å². The van der Waals surface area contributed by atoms with E-state index in [0.717, 1.165) is 34.3 Å². The summed E-state index contributed by atoms with van der Waals surface area (Å²) in [5.41, 5.74) is 6.93. The third-order valence-corrected chi connectivity index (χ3v) is 6.04. The van der Waals surface area contributed by atoms with E-state index in [0.29, 0.717) is 11.4 Å². The molecule has 4 aromatic rings. The van der Waals surface area contributed by atoms with Crippen molar-refractivity contribution in [3.8, 4) is 22.9 Å². The summed E-state index contributed by atoms with van der Waals surface area (Å²) in [5.74, 6) is 0.930. The number of halogens is 1. The normalized spacial score (nSPS) is 12.9. The molecule has 3 aromatic carbocycles. The maximum Gasteiger partial charge on any atom is 0.295 e. The highest BCUT2D eigenvalue weighted by atomic mass is 19.1. The monoisotopic (exact) mass is 401 g/mol. The van der Waals surface area contributed by atoms with Crippen LogP contribution in [0.25, 0.3) is 33.1 Å². The maximum absolute atomic E-state index is 14.5. The molecule has 3 nitrogen and oxygen atoms in total. The summed E-state index contributed by atoms with van der Waals surface area (Å²) < 4.78 is 22.9. The van der Waals surface area contributed by atoms with E-state index in [4.69, 9.17) is 4.74 Å². The van der Waals surface area contributed by atoms with Crippen molar-refractivity contribution in [2.24, 2.45) is 12.5 Å². The molecule has 0 radical (unpaired) electrons. The van der Waals surface area contributed by atoms with Gasteiger partial charge in [0.2, 0.25) is 5.52 Å². The SMILES string of the molecule is Cc1cc2cc(CC(C)(C)C)cc3c2c(c1C)-c1c(nc2c(F)cccc2[n+]1C)O3. The number of aromatic nitrogens is 2. The van der Waals surface area contributed by atoms with Crippen molar-refractivity contribution in [1.29, 1.82) is 0 Å². The minimum Gasteiger partial charge on any atom is -0.433 e. The smallest absolute Gasteiger partial charge is 0.295 e. The Labute approximate surface area is 176 Å². The first-order valence-electron chi connectivity index (χ1n) is 10.4. The Morgan fingerprint density at radius 1 is 1.10 bits per heavy atom. The molecule has 1 aliphatic heterocycles. The highest BCUT2D eigenvalue weighted by molar-refractivity contribution is 6.05. The summed E-state index contributed by atoms with van der Waals surface area (Å²) >= 11 is 0. The highest BCUT2D eigenvalue weighted by Gasteiger charge is 2.33. The van der Waals surface area contributed by atoms with Crippen LogP contribution in [0.2, 0.25) is 0 Å². The molecule has 0 amide bonds. The second kappa shape index (κ2) is 6.24. The quantitative estimate of drug-likeness (QED) is 0.307. The summed E-state index contributed by atoms with van der Waals surface area (Å²) in [7, 11) is 1.96. The lowest BCUT2D eigenvalue weighted by Gasteiger charge is -2.24. The van der Waals surface area contributed by atoms with E-state index in [1.165, 1.54) is 28.1 Å². The molecule has 1 aromatic heterocycles. The molecular formula is C26H26FN2O+. The number of para-hydroxylation sites is 1. The molecule has 0 unspecified atom stereocenters. The molecule has 152 valence electrons. The van der Waals surface area contributed by atoms with Gasteiger partial charge in [-0.3, -0.25) is 0 Å². The molecule has 5 rings (SSSR count). The van der Waals surface area contributed by atoms with Gasteiger partial charge in [0.25, 0.3) is 11.6 Å². The van der Waals surface area contributed by atoms with Crippen molar-refractivity contribution in [2.75, 3.05) is 0 Å². The number of hydrogen-bond acceptors (Lipinski definition) is 2. The minimum atomic E-state index is -0.340. The Morgan fingerprint density at radius 2 is 1.87 bits per heavy atom. The van der Waals surface area contributed by atoms with Crippen LogP contribution < -0.4 is 9.30 Å². The lowest BCUT2D eigenvalue weighted by atomic mass is 9.85. The first kappa shape index (κ1) is 19.0. The molecule has 0 saturated carbocycles. The number of nitrogens with zero attached hydrogens (tertiary/aromatic N) is 2. The summed E-state index contributed by atoms with van der Waals surface area (Å²) in [6.45, 7) is 11.0. The molecule has 0 atom stereocenters. The Morgan fingerprint density at radius 3 is 2.60 bits per heavy atom. The van der Waals surface area contributed by atoms with Crippen LogP contribution in [0.3, 0.4) is 0 Å². The van der Waals surface area contributed by atoms with E-state index in [1.807, 2.05) is 17.7 Å². The van der Waals surface area contributed by atoms with Crippen LogP contribution in [-0.4, -0.2) is 4.98 Å². The fraction of sp³-hybridized carbons (Fsp3) is 0.308. The van der Waals surface area contributed by atoms with Gasteiger partial charge in [0.1, 0.15) is 12.8 Å². The van der Waals surface area contributed by atoms with Crippen LogP contribution >= 0.6 is 0 Å². The first-order valence-corrected chi connectivity index (χ1v) is 10.4. The van der Waals surface area contributed by atoms with Gasteiger partial charge in [-0.25, -0.2) is 4.39 Å². The van der Waals surface area contributed by atoms with E-state index in [9.17, 15) is 4.39 Å². The van der Waals surface area contributed by atoms with Crippen LogP contribution in [0.1, 0.15) is 37.5 Å². The number of aryl methyl sites for hydroxylation is 2. The zero-order valence-electron chi connectivity index (χ0n) is 18.4. The second-order valence-electron chi connectivity index (χ2n) is 9.66. The van der Waals surface area contributed by atoms with Gasteiger partial charge in [0.05, 0.1) is 5.56 Å². The number of rotatable bonds is 1. The van der Waals surface area contributed by atoms with E-state index in [1.54, 1.807) is 6.07 Å². The number of ether oxygens (including phenoxy) is 1. The Bertz CT molecular complexity index is 1370. The predicted octanol–water partition coefficient (Wildman–Crippen LogP) is 6.33. The average molecular weight is 402 g/mol. The topological polar surface area (TPSA) is 26.0 Å². The van der Waals surface area contributed by atoms with Crippen LogP contribution in [0.15, 0.2) is 36.4 Å². The third-order valence-electron chi connectivity index (χ3n) is 6.04. The lowest BCUT2D eigenvalue weighted by molar-refractivity contribution is -0.634. The van der Waals surface area contributed by atoms with Crippen LogP contribution in [0.4, 0.5) is 4.39 Å². The van der Waals surface area contributed by atoms with Gasteiger partial charge in [-0.1, -0.05) is 39.0 Å².